The molecule has 0 heterocycles. The Labute approximate surface area is 83.6 Å². The SMILES string of the molecule is C=CCCNC(=O)c1ccc(N)cc1. The number of nitrogens with one attached hydrogen (secondary N) is 1. The van der Waals surface area contributed by atoms with Gasteiger partial charge in [-0.25, -0.2) is 0 Å². The number of nitrogen functional groups attached to an aromatic ring is 1. The molecule has 0 radical (unpaired) electrons. The topological polar surface area (TPSA) is 55.1 Å². The van der Waals surface area contributed by atoms with Crippen LogP contribution in [0.5, 0.6) is 0 Å². The highest BCUT2D eigenvalue weighted by atomic mass is 16.1. The van der Waals surface area contributed by atoms with Crippen LogP contribution >= 0.6 is 0 Å². The third-order valence-corrected chi connectivity index (χ3v) is 1.81. The minimum atomic E-state index is -0.0770. The first-order valence-corrected chi connectivity index (χ1v) is 4.48. The number of amides is 1. The van der Waals surface area contributed by atoms with Crippen molar-refractivity contribution in [2.45, 2.75) is 6.42 Å². The Kier molecular flexibility index (Phi) is 3.73. The van der Waals surface area contributed by atoms with Crippen LogP contribution in [-0.4, -0.2) is 12.5 Å². The standard InChI is InChI=1S/C11H14N2O/c1-2-3-8-13-11(14)9-4-6-10(12)7-5-9/h2,4-7H,1,3,8,12H2,(H,13,14). The lowest BCUT2D eigenvalue weighted by Crippen LogP contribution is -2.23. The number of hydrogen-bond donors (Lipinski definition) is 2. The van der Waals surface area contributed by atoms with E-state index in [0.717, 1.165) is 6.42 Å². The van der Waals surface area contributed by atoms with Gasteiger partial charge < -0.3 is 11.1 Å². The van der Waals surface area contributed by atoms with E-state index in [2.05, 4.69) is 11.9 Å². The van der Waals surface area contributed by atoms with Gasteiger partial charge >= 0.3 is 0 Å². The molecule has 1 amide bonds. The van der Waals surface area contributed by atoms with Crippen molar-refractivity contribution >= 4 is 11.6 Å². The first-order valence-electron chi connectivity index (χ1n) is 4.48. The third-order valence-electron chi connectivity index (χ3n) is 1.81. The molecule has 3 N–H and O–H groups in total. The van der Waals surface area contributed by atoms with Crippen LogP contribution in [0.1, 0.15) is 16.8 Å². The molecule has 3 nitrogen and oxygen atoms in total. The van der Waals surface area contributed by atoms with Crippen LogP contribution in [0.3, 0.4) is 0 Å². The summed E-state index contributed by atoms with van der Waals surface area (Å²) in [6.45, 7) is 4.19. The molecule has 3 heteroatoms. The largest absolute Gasteiger partial charge is 0.399 e. The Morgan fingerprint density at radius 1 is 1.43 bits per heavy atom. The van der Waals surface area contributed by atoms with E-state index in [9.17, 15) is 4.79 Å². The molecule has 0 aliphatic heterocycles. The van der Waals surface area contributed by atoms with Crippen LogP contribution in [0, 0.1) is 0 Å². The molecular weight excluding hydrogens is 176 g/mol. The van der Waals surface area contributed by atoms with Gasteiger partial charge in [0, 0.05) is 17.8 Å². The van der Waals surface area contributed by atoms with E-state index in [1.165, 1.54) is 0 Å². The quantitative estimate of drug-likeness (QED) is 0.430. The van der Waals surface area contributed by atoms with Gasteiger partial charge in [0.05, 0.1) is 0 Å². The van der Waals surface area contributed by atoms with Gasteiger partial charge in [-0.05, 0) is 30.7 Å². The molecule has 0 unspecified atom stereocenters. The molecule has 74 valence electrons. The molecule has 0 bridgehead atoms. The van der Waals surface area contributed by atoms with Gasteiger partial charge in [0.25, 0.3) is 5.91 Å². The molecule has 0 aromatic heterocycles. The van der Waals surface area contributed by atoms with Gasteiger partial charge in [0.15, 0.2) is 0 Å². The Balaban J connectivity index is 2.52. The van der Waals surface area contributed by atoms with Crippen LogP contribution in [-0.2, 0) is 0 Å². The van der Waals surface area contributed by atoms with Crippen molar-refractivity contribution in [2.75, 3.05) is 12.3 Å². The molecule has 0 saturated carbocycles. The lowest BCUT2D eigenvalue weighted by atomic mass is 10.2. The smallest absolute Gasteiger partial charge is 0.251 e. The van der Waals surface area contributed by atoms with Gasteiger partial charge in [-0.2, -0.15) is 0 Å². The van der Waals surface area contributed by atoms with Gasteiger partial charge in [-0.3, -0.25) is 4.79 Å². The van der Waals surface area contributed by atoms with Crippen molar-refractivity contribution in [1.82, 2.24) is 5.32 Å². The van der Waals surface area contributed by atoms with Crippen molar-refractivity contribution in [3.05, 3.63) is 42.5 Å². The Morgan fingerprint density at radius 3 is 2.64 bits per heavy atom. The molecule has 14 heavy (non-hydrogen) atoms. The molecule has 0 aliphatic carbocycles. The van der Waals surface area contributed by atoms with E-state index in [1.807, 2.05) is 0 Å². The van der Waals surface area contributed by atoms with Crippen molar-refractivity contribution in [1.29, 1.82) is 0 Å². The second-order valence-electron chi connectivity index (χ2n) is 2.96. The minimum Gasteiger partial charge on any atom is -0.399 e. The second kappa shape index (κ2) is 5.07. The van der Waals surface area contributed by atoms with Crippen LogP contribution in [0.15, 0.2) is 36.9 Å². The molecule has 1 aromatic rings. The number of rotatable bonds is 4. The van der Waals surface area contributed by atoms with E-state index in [-0.39, 0.29) is 5.91 Å². The van der Waals surface area contributed by atoms with E-state index in [4.69, 9.17) is 5.73 Å². The first kappa shape index (κ1) is 10.3. The van der Waals surface area contributed by atoms with Crippen LogP contribution in [0.4, 0.5) is 5.69 Å². The molecule has 1 rings (SSSR count). The lowest BCUT2D eigenvalue weighted by Gasteiger charge is -2.03. The van der Waals surface area contributed by atoms with Gasteiger partial charge in [-0.1, -0.05) is 6.08 Å². The van der Waals surface area contributed by atoms with Gasteiger partial charge in [0.1, 0.15) is 0 Å². The van der Waals surface area contributed by atoms with Crippen LogP contribution in [0.2, 0.25) is 0 Å². The first-order chi connectivity index (χ1) is 6.74. The summed E-state index contributed by atoms with van der Waals surface area (Å²) in [6, 6.07) is 6.84. The average molecular weight is 190 g/mol. The summed E-state index contributed by atoms with van der Waals surface area (Å²) in [5, 5.41) is 2.77. The van der Waals surface area contributed by atoms with Crippen LogP contribution in [0.25, 0.3) is 0 Å². The summed E-state index contributed by atoms with van der Waals surface area (Å²) in [5.41, 5.74) is 6.79. The van der Waals surface area contributed by atoms with Crippen molar-refractivity contribution in [3.8, 4) is 0 Å². The molecule has 0 spiro atoms. The van der Waals surface area contributed by atoms with Crippen molar-refractivity contribution < 1.29 is 4.79 Å². The predicted molar refractivity (Wildman–Crippen MR) is 58.0 cm³/mol. The summed E-state index contributed by atoms with van der Waals surface area (Å²) in [4.78, 5) is 11.4. The van der Waals surface area contributed by atoms with E-state index in [1.54, 1.807) is 30.3 Å². The predicted octanol–water partition coefficient (Wildman–Crippen LogP) is 1.57. The molecule has 0 aliphatic rings. The van der Waals surface area contributed by atoms with Crippen LogP contribution < -0.4 is 11.1 Å². The number of hydrogen-bond acceptors (Lipinski definition) is 2. The monoisotopic (exact) mass is 190 g/mol. The molecule has 1 aromatic carbocycles. The van der Waals surface area contributed by atoms with E-state index >= 15 is 0 Å². The fraction of sp³-hybridized carbons (Fsp3) is 0.182. The maximum absolute atomic E-state index is 11.4. The van der Waals surface area contributed by atoms with E-state index in [0.29, 0.717) is 17.8 Å². The summed E-state index contributed by atoms with van der Waals surface area (Å²) >= 11 is 0. The number of carbonyl (C=O) groups is 1. The number of nitrogens with two attached hydrogens (primary N) is 1. The maximum atomic E-state index is 11.4. The molecule has 0 atom stereocenters. The summed E-state index contributed by atoms with van der Waals surface area (Å²) in [5.74, 6) is -0.0770. The minimum absolute atomic E-state index is 0.0770. The lowest BCUT2D eigenvalue weighted by molar-refractivity contribution is 0.0954. The highest BCUT2D eigenvalue weighted by molar-refractivity contribution is 5.94. The van der Waals surface area contributed by atoms with Gasteiger partial charge in [-0.15, -0.1) is 6.58 Å². The van der Waals surface area contributed by atoms with Crippen molar-refractivity contribution in [3.63, 3.8) is 0 Å². The molecule has 0 fully saturated rings. The highest BCUT2D eigenvalue weighted by Gasteiger charge is 2.02. The average Bonchev–Trinajstić information content (AvgIpc) is 2.19. The summed E-state index contributed by atoms with van der Waals surface area (Å²) < 4.78 is 0. The third kappa shape index (κ3) is 2.94. The second-order valence-corrected chi connectivity index (χ2v) is 2.96. The maximum Gasteiger partial charge on any atom is 0.251 e. The zero-order chi connectivity index (χ0) is 10.4. The number of benzene rings is 1. The Hall–Kier alpha value is -1.77. The Morgan fingerprint density at radius 2 is 2.07 bits per heavy atom. The number of anilines is 1. The van der Waals surface area contributed by atoms with Crippen molar-refractivity contribution in [2.24, 2.45) is 0 Å². The zero-order valence-electron chi connectivity index (χ0n) is 7.99. The fourth-order valence-corrected chi connectivity index (χ4v) is 1.02. The molecule has 0 saturated heterocycles. The normalized spacial score (nSPS) is 9.43. The zero-order valence-corrected chi connectivity index (χ0v) is 7.99. The fourth-order valence-electron chi connectivity index (χ4n) is 1.02. The number of carbonyl (C=O) groups excluding carboxylic acids is 1. The van der Waals surface area contributed by atoms with E-state index < -0.39 is 0 Å². The van der Waals surface area contributed by atoms with Gasteiger partial charge in [0.2, 0.25) is 0 Å². The Bertz CT molecular complexity index is 317. The highest BCUT2D eigenvalue weighted by Crippen LogP contribution is 2.04. The summed E-state index contributed by atoms with van der Waals surface area (Å²) in [6.07, 6.45) is 2.55. The molecular formula is C11H14N2O. The summed E-state index contributed by atoms with van der Waals surface area (Å²) in [7, 11) is 0.